The summed E-state index contributed by atoms with van der Waals surface area (Å²) < 4.78 is 32.4. The summed E-state index contributed by atoms with van der Waals surface area (Å²) in [4.78, 5) is 59.0. The Morgan fingerprint density at radius 1 is 0.757 bits per heavy atom. The van der Waals surface area contributed by atoms with E-state index < -0.39 is 91.2 Å². The third kappa shape index (κ3) is 8.38. The third-order valence-corrected chi connectivity index (χ3v) is 6.03. The fraction of sp³-hybridized carbons (Fsp3) is 0.696. The van der Waals surface area contributed by atoms with E-state index in [4.69, 9.17) is 40.0 Å². The maximum Gasteiger partial charge on any atom is 0.303 e. The molecule has 0 saturated carbocycles. The lowest BCUT2D eigenvalue weighted by Gasteiger charge is -2.46. The van der Waals surface area contributed by atoms with E-state index in [-0.39, 0.29) is 11.5 Å². The fourth-order valence-electron chi connectivity index (χ4n) is 4.36. The number of carbonyl (C=O) groups is 5. The molecule has 2 aliphatic rings. The van der Waals surface area contributed by atoms with Gasteiger partial charge in [0.1, 0.15) is 24.9 Å². The van der Waals surface area contributed by atoms with Gasteiger partial charge >= 0.3 is 29.8 Å². The van der Waals surface area contributed by atoms with E-state index in [2.05, 4.69) is 0 Å². The first-order valence-electron chi connectivity index (χ1n) is 11.4. The number of aliphatic hydroxyl groups is 2. The van der Waals surface area contributed by atoms with E-state index in [0.717, 1.165) is 34.6 Å². The number of hydrogen-bond donors (Lipinski definition) is 2. The van der Waals surface area contributed by atoms with E-state index in [9.17, 15) is 34.2 Å². The van der Waals surface area contributed by atoms with Crippen molar-refractivity contribution in [2.75, 3.05) is 6.61 Å². The van der Waals surface area contributed by atoms with Gasteiger partial charge in [0.25, 0.3) is 0 Å². The number of ether oxygens (including phenoxy) is 6. The molecule has 1 heterocycles. The molecule has 0 aromatic carbocycles. The van der Waals surface area contributed by atoms with Crippen LogP contribution in [0.4, 0.5) is 0 Å². The van der Waals surface area contributed by atoms with Crippen molar-refractivity contribution < 1.29 is 62.6 Å². The molecule has 0 aromatic heterocycles. The minimum atomic E-state index is -1.47. The van der Waals surface area contributed by atoms with E-state index in [1.807, 2.05) is 0 Å². The quantitative estimate of drug-likeness (QED) is 0.302. The summed E-state index contributed by atoms with van der Waals surface area (Å²) in [6.45, 7) is 5.11. The largest absolute Gasteiger partial charge is 0.463 e. The summed E-state index contributed by atoms with van der Waals surface area (Å²) in [5.74, 6) is -4.82. The molecule has 2 N–H and O–H groups in total. The number of esters is 5. The van der Waals surface area contributed by atoms with Crippen LogP contribution in [0.3, 0.4) is 0 Å². The van der Waals surface area contributed by atoms with Crippen LogP contribution in [0.15, 0.2) is 11.1 Å². The number of rotatable bonds is 8. The van der Waals surface area contributed by atoms with Gasteiger partial charge in [-0.05, 0) is 12.5 Å². The smallest absolute Gasteiger partial charge is 0.303 e. The van der Waals surface area contributed by atoms with Gasteiger partial charge in [0.15, 0.2) is 18.3 Å². The molecular weight excluding hydrogens is 520 g/mol. The monoisotopic (exact) mass is 550 g/mol. The van der Waals surface area contributed by atoms with Crippen molar-refractivity contribution in [3.05, 3.63) is 11.1 Å². The van der Waals surface area contributed by atoms with Crippen molar-refractivity contribution in [1.29, 1.82) is 0 Å². The van der Waals surface area contributed by atoms with Crippen LogP contribution in [0, 0.1) is 5.92 Å². The molecule has 0 spiro atoms. The Kier molecular flexibility index (Phi) is 10.9. The molecule has 1 aliphatic heterocycles. The summed E-state index contributed by atoms with van der Waals surface area (Å²) in [6, 6.07) is 0. The first-order valence-corrected chi connectivity index (χ1v) is 11.8. The average Bonchev–Trinajstić information content (AvgIpc) is 2.75. The molecule has 0 amide bonds. The van der Waals surface area contributed by atoms with Crippen LogP contribution in [0.25, 0.3) is 0 Å². The van der Waals surface area contributed by atoms with Gasteiger partial charge in [-0.2, -0.15) is 0 Å². The molecule has 13 nitrogen and oxygen atoms in total. The van der Waals surface area contributed by atoms with Crippen LogP contribution >= 0.6 is 11.6 Å². The van der Waals surface area contributed by atoms with E-state index in [1.165, 1.54) is 6.08 Å². The lowest BCUT2D eigenvalue weighted by molar-refractivity contribution is -0.257. The molecule has 0 aromatic rings. The maximum atomic E-state index is 12.0. The fourth-order valence-corrected chi connectivity index (χ4v) is 4.62. The number of halogens is 1. The Hall–Kier alpha value is -2.74. The summed E-state index contributed by atoms with van der Waals surface area (Å²) in [5.41, 5.74) is 0. The van der Waals surface area contributed by atoms with Crippen molar-refractivity contribution in [2.24, 2.45) is 5.92 Å². The van der Waals surface area contributed by atoms with Gasteiger partial charge in [-0.3, -0.25) is 24.0 Å². The zero-order valence-corrected chi connectivity index (χ0v) is 21.7. The lowest BCUT2D eigenvalue weighted by atomic mass is 9.80. The van der Waals surface area contributed by atoms with Crippen molar-refractivity contribution in [3.8, 4) is 0 Å². The van der Waals surface area contributed by atoms with Gasteiger partial charge in [-0.1, -0.05) is 11.6 Å². The van der Waals surface area contributed by atoms with Gasteiger partial charge in [0.05, 0.1) is 12.2 Å². The van der Waals surface area contributed by atoms with Crippen LogP contribution in [0.5, 0.6) is 0 Å². The third-order valence-electron chi connectivity index (χ3n) is 5.68. The van der Waals surface area contributed by atoms with Crippen molar-refractivity contribution in [1.82, 2.24) is 0 Å². The minimum absolute atomic E-state index is 0.142. The zero-order chi connectivity index (χ0) is 28.0. The Morgan fingerprint density at radius 3 is 1.70 bits per heavy atom. The second kappa shape index (κ2) is 13.2. The maximum absolute atomic E-state index is 12.0. The van der Waals surface area contributed by atoms with Crippen LogP contribution in [0.1, 0.15) is 41.0 Å². The number of aliphatic hydroxyl groups excluding tert-OH is 2. The molecular formula is C23H31ClO13. The number of hydrogen-bond acceptors (Lipinski definition) is 13. The normalized spacial score (nSPS) is 33.4. The first kappa shape index (κ1) is 30.5. The predicted octanol–water partition coefficient (Wildman–Crippen LogP) is -0.0919. The summed E-state index contributed by atoms with van der Waals surface area (Å²) in [7, 11) is 0. The molecule has 1 fully saturated rings. The summed E-state index contributed by atoms with van der Waals surface area (Å²) >= 11 is 5.99. The molecule has 208 valence electrons. The van der Waals surface area contributed by atoms with Gasteiger partial charge in [-0.15, -0.1) is 0 Å². The Morgan fingerprint density at radius 2 is 1.22 bits per heavy atom. The highest BCUT2D eigenvalue weighted by Crippen LogP contribution is 2.37. The summed E-state index contributed by atoms with van der Waals surface area (Å²) in [6.07, 6.45) is -9.65. The molecule has 1 aliphatic carbocycles. The van der Waals surface area contributed by atoms with Crippen molar-refractivity contribution >= 4 is 41.4 Å². The highest BCUT2D eigenvalue weighted by atomic mass is 35.5. The van der Waals surface area contributed by atoms with Crippen LogP contribution in [0.2, 0.25) is 0 Å². The highest BCUT2D eigenvalue weighted by molar-refractivity contribution is 6.30. The molecule has 37 heavy (non-hydrogen) atoms. The molecule has 0 radical (unpaired) electrons. The van der Waals surface area contributed by atoms with Gasteiger partial charge in [0.2, 0.25) is 0 Å². The molecule has 14 heteroatoms. The standard InChI is InChI=1S/C23H31ClO13/c1-9(25)32-8-18-22(35-12(4)28)23(36-13(5)29)21(34-11(3)27)17(37-18)6-14-16(30)7-15(24)19(31)20(14)33-10(2)26/h7,14,16-23,30-31H,6,8H2,1-5H3/t14-,16+,17-,18-,19-,20-,21+,22+,23-/m1/s1. The number of carbonyl (C=O) groups excluding carboxylic acids is 5. The van der Waals surface area contributed by atoms with E-state index >= 15 is 0 Å². The van der Waals surface area contributed by atoms with Crippen molar-refractivity contribution in [2.45, 2.75) is 89.9 Å². The molecule has 0 bridgehead atoms. The van der Waals surface area contributed by atoms with E-state index in [0.29, 0.717) is 0 Å². The van der Waals surface area contributed by atoms with Crippen LogP contribution < -0.4 is 0 Å². The van der Waals surface area contributed by atoms with E-state index in [1.54, 1.807) is 0 Å². The first-order chi connectivity index (χ1) is 17.2. The van der Waals surface area contributed by atoms with Gasteiger partial charge in [0, 0.05) is 45.6 Å². The van der Waals surface area contributed by atoms with Crippen molar-refractivity contribution in [3.63, 3.8) is 0 Å². The molecule has 0 unspecified atom stereocenters. The zero-order valence-electron chi connectivity index (χ0n) is 21.0. The molecule has 2 rings (SSSR count). The molecule has 1 saturated heterocycles. The lowest BCUT2D eigenvalue weighted by Crippen LogP contribution is -2.63. The SMILES string of the molecule is CC(=O)OC[C@H]1O[C@H](C[C@H]2[C@@H](OC(C)=O)[C@H](O)C(Cl)=C[C@@H]2O)[C@H](OC(C)=O)[C@@H](OC(C)=O)[C@H]1OC(C)=O. The predicted molar refractivity (Wildman–Crippen MR) is 122 cm³/mol. The van der Waals surface area contributed by atoms with Gasteiger partial charge < -0.3 is 38.6 Å². The van der Waals surface area contributed by atoms with Crippen LogP contribution in [-0.2, 0) is 52.4 Å². The van der Waals surface area contributed by atoms with Crippen LogP contribution in [-0.4, -0.2) is 95.5 Å². The average molecular weight is 551 g/mol. The topological polar surface area (TPSA) is 181 Å². The Labute approximate surface area is 217 Å². The Balaban J connectivity index is 2.53. The highest BCUT2D eigenvalue weighted by Gasteiger charge is 2.54. The van der Waals surface area contributed by atoms with Gasteiger partial charge in [-0.25, -0.2) is 0 Å². The second-order valence-corrected chi connectivity index (χ2v) is 9.13. The Bertz CT molecular complexity index is 918. The minimum Gasteiger partial charge on any atom is -0.463 e. The molecule has 9 atom stereocenters. The summed E-state index contributed by atoms with van der Waals surface area (Å²) in [5, 5.41) is 21.1. The second-order valence-electron chi connectivity index (χ2n) is 8.70.